The van der Waals surface area contributed by atoms with E-state index in [9.17, 15) is 0 Å². The second kappa shape index (κ2) is 446. The first-order valence-corrected chi connectivity index (χ1v) is 1.00. The predicted molar refractivity (Wildman–Crippen MR) is 35.9 cm³/mol. The molecule has 0 aromatic heterocycles. The first kappa shape index (κ1) is 87.4. The summed E-state index contributed by atoms with van der Waals surface area (Å²) in [4.78, 5) is 0. The lowest BCUT2D eigenvalue weighted by molar-refractivity contribution is 1.50. The summed E-state index contributed by atoms with van der Waals surface area (Å²) in [6.45, 7) is 4.00. The Labute approximate surface area is 51.7 Å². The van der Waals surface area contributed by atoms with E-state index in [0.29, 0.717) is 0 Å². The van der Waals surface area contributed by atoms with Crippen LogP contribution in [-0.2, 0) is 0 Å². The average molecular weight is 137 g/mol. The maximum atomic E-state index is 2.00. The Morgan fingerprint density at radius 1 is 0.667 bits per heavy atom. The molecular formula is C2H14Cl2N2. The summed E-state index contributed by atoms with van der Waals surface area (Å²) in [5.41, 5.74) is 0. The molecule has 0 aliphatic heterocycles. The molecule has 2 nitrogen and oxygen atoms in total. The Hall–Kier alpha value is 0.500. The fourth-order valence-electron chi connectivity index (χ4n) is 0. The smallest absolute Gasteiger partial charge is 0.0683 e. The van der Waals surface area contributed by atoms with Crippen LogP contribution in [0.15, 0.2) is 0 Å². The van der Waals surface area contributed by atoms with E-state index >= 15 is 0 Å². The van der Waals surface area contributed by atoms with Crippen molar-refractivity contribution in [1.82, 2.24) is 12.3 Å². The van der Waals surface area contributed by atoms with Crippen LogP contribution in [0.3, 0.4) is 0 Å². The van der Waals surface area contributed by atoms with E-state index < -0.39 is 0 Å². The van der Waals surface area contributed by atoms with Gasteiger partial charge in [0.2, 0.25) is 0 Å². The highest BCUT2D eigenvalue weighted by atomic mass is 35.5. The number of rotatable bonds is 0. The number of hydrogen-bond acceptors (Lipinski definition) is 2. The molecule has 0 aliphatic carbocycles. The molecule has 0 unspecified atom stereocenters. The van der Waals surface area contributed by atoms with E-state index in [0.717, 1.165) is 0 Å². The molecule has 0 fully saturated rings. The van der Waals surface area contributed by atoms with Gasteiger partial charge in [0.15, 0.2) is 0 Å². The van der Waals surface area contributed by atoms with Crippen LogP contribution >= 0.6 is 24.8 Å². The van der Waals surface area contributed by atoms with Gasteiger partial charge < -0.3 is 12.3 Å². The molecule has 0 amide bonds. The van der Waals surface area contributed by atoms with Crippen molar-refractivity contribution < 1.29 is 0 Å². The van der Waals surface area contributed by atoms with Gasteiger partial charge in [-0.1, -0.05) is 13.8 Å². The van der Waals surface area contributed by atoms with Gasteiger partial charge >= 0.3 is 0 Å². The third kappa shape index (κ3) is 221. The third-order valence-corrected chi connectivity index (χ3v) is 0. The van der Waals surface area contributed by atoms with Crippen molar-refractivity contribution >= 4 is 24.8 Å². The fraction of sp³-hybridized carbons (Fsp3) is 1.00. The summed E-state index contributed by atoms with van der Waals surface area (Å²) in [5, 5.41) is 0. The van der Waals surface area contributed by atoms with E-state index in [2.05, 4.69) is 0 Å². The van der Waals surface area contributed by atoms with Gasteiger partial charge in [0.1, 0.15) is 0 Å². The molecule has 0 saturated heterocycles. The van der Waals surface area contributed by atoms with Gasteiger partial charge in [-0.15, -0.1) is 24.8 Å². The summed E-state index contributed by atoms with van der Waals surface area (Å²) < 4.78 is 0. The van der Waals surface area contributed by atoms with E-state index in [1.807, 2.05) is 13.8 Å². The Morgan fingerprint density at radius 2 is 0.667 bits per heavy atom. The predicted octanol–water partition coefficient (Wildman–Crippen LogP) is 2.19. The molecule has 0 aromatic rings. The van der Waals surface area contributed by atoms with E-state index in [1.165, 1.54) is 0 Å². The topological polar surface area (TPSA) is 70.0 Å². The maximum Gasteiger partial charge on any atom is -0.0683 e. The van der Waals surface area contributed by atoms with Crippen LogP contribution in [0.4, 0.5) is 0 Å². The highest BCUT2D eigenvalue weighted by Crippen LogP contribution is 1.14. The summed E-state index contributed by atoms with van der Waals surface area (Å²) in [6, 6.07) is 0. The lowest BCUT2D eigenvalue weighted by Gasteiger charge is -1.07. The minimum Gasteiger partial charge on any atom is -0.344 e. The zero-order valence-corrected chi connectivity index (χ0v) is 5.86. The van der Waals surface area contributed by atoms with Gasteiger partial charge in [-0.2, -0.15) is 0 Å². The first-order valence-electron chi connectivity index (χ1n) is 1.00. The van der Waals surface area contributed by atoms with Crippen molar-refractivity contribution in [3.05, 3.63) is 0 Å². The van der Waals surface area contributed by atoms with E-state index in [1.54, 1.807) is 0 Å². The minimum absolute atomic E-state index is 0. The van der Waals surface area contributed by atoms with Crippen LogP contribution in [0.25, 0.3) is 0 Å². The van der Waals surface area contributed by atoms with Gasteiger partial charge in [-0.3, -0.25) is 0 Å². The van der Waals surface area contributed by atoms with Crippen molar-refractivity contribution in [2.45, 2.75) is 13.8 Å². The third-order valence-electron chi connectivity index (χ3n) is 0. The highest BCUT2D eigenvalue weighted by Gasteiger charge is 0.932. The van der Waals surface area contributed by atoms with Gasteiger partial charge in [0, 0.05) is 0 Å². The van der Waals surface area contributed by atoms with Crippen molar-refractivity contribution in [3.63, 3.8) is 0 Å². The number of hydrogen-bond donors (Lipinski definition) is 2. The summed E-state index contributed by atoms with van der Waals surface area (Å²) in [5.74, 6) is 0. The van der Waals surface area contributed by atoms with Crippen LogP contribution in [-0.4, -0.2) is 0 Å². The van der Waals surface area contributed by atoms with Crippen LogP contribution < -0.4 is 12.3 Å². The molecule has 46 valence electrons. The quantitative estimate of drug-likeness (QED) is 0.537. The zero-order chi connectivity index (χ0) is 2.00. The summed E-state index contributed by atoms with van der Waals surface area (Å²) >= 11 is 0. The molecule has 0 radical (unpaired) electrons. The lowest BCUT2D eigenvalue weighted by Crippen LogP contribution is -0.856. The van der Waals surface area contributed by atoms with Gasteiger partial charge in [0.25, 0.3) is 0 Å². The molecule has 0 rings (SSSR count). The van der Waals surface area contributed by atoms with Gasteiger partial charge in [-0.25, -0.2) is 0 Å². The maximum absolute atomic E-state index is 2.00. The second-order valence-corrected chi connectivity index (χ2v) is 0. The van der Waals surface area contributed by atoms with Gasteiger partial charge in [0.05, 0.1) is 0 Å². The molecule has 6 N–H and O–H groups in total. The van der Waals surface area contributed by atoms with Crippen molar-refractivity contribution in [2.75, 3.05) is 0 Å². The van der Waals surface area contributed by atoms with Crippen LogP contribution in [0.5, 0.6) is 0 Å². The summed E-state index contributed by atoms with van der Waals surface area (Å²) in [6.07, 6.45) is 0. The zero-order valence-electron chi connectivity index (χ0n) is 4.23. The van der Waals surface area contributed by atoms with Crippen molar-refractivity contribution in [3.8, 4) is 0 Å². The molecule has 0 aliphatic rings. The first-order chi connectivity index (χ1) is 1.00. The second-order valence-electron chi connectivity index (χ2n) is 0. The number of halogens is 2. The summed E-state index contributed by atoms with van der Waals surface area (Å²) in [7, 11) is 0. The van der Waals surface area contributed by atoms with Crippen molar-refractivity contribution in [1.29, 1.82) is 0 Å². The molecule has 0 spiro atoms. The standard InChI is InChI=1S/C2H6.2ClH.2H3N/c1-2;;;;/h1-2H3;2*1H;2*1H3. The van der Waals surface area contributed by atoms with Crippen LogP contribution in [0.2, 0.25) is 0 Å². The Bertz CT molecular complexity index is 9.51. The van der Waals surface area contributed by atoms with Crippen LogP contribution in [0, 0.1) is 0 Å². The SMILES string of the molecule is CC.Cl.Cl.N.N. The molecule has 0 saturated carbocycles. The normalized spacial score (nSPS) is 1.00. The Kier molecular flexibility index (Phi) is 6490. The van der Waals surface area contributed by atoms with Crippen molar-refractivity contribution in [2.24, 2.45) is 0 Å². The molecule has 6 heavy (non-hydrogen) atoms. The van der Waals surface area contributed by atoms with E-state index in [-0.39, 0.29) is 37.1 Å². The molecule has 0 bridgehead atoms. The lowest BCUT2D eigenvalue weighted by atomic mass is 11.0. The Morgan fingerprint density at radius 3 is 0.667 bits per heavy atom. The molecule has 0 aromatic carbocycles. The fourth-order valence-corrected chi connectivity index (χ4v) is 0. The monoisotopic (exact) mass is 136 g/mol. The van der Waals surface area contributed by atoms with Gasteiger partial charge in [-0.05, 0) is 0 Å². The molecular weight excluding hydrogens is 123 g/mol. The molecule has 0 atom stereocenters. The highest BCUT2D eigenvalue weighted by molar-refractivity contribution is 5.85. The largest absolute Gasteiger partial charge is 0.344 e. The average Bonchev–Trinajstić information content (AvgIpc) is 1.00. The molecule has 4 heteroatoms. The Balaban J connectivity index is -0.000000000833. The van der Waals surface area contributed by atoms with Crippen LogP contribution in [0.1, 0.15) is 13.8 Å². The molecule has 0 heterocycles. The minimum atomic E-state index is 0. The van der Waals surface area contributed by atoms with E-state index in [4.69, 9.17) is 0 Å².